The fraction of sp³-hybridized carbons (Fsp3) is 0.588. The monoisotopic (exact) mass is 368 g/mol. The zero-order valence-corrected chi connectivity index (χ0v) is 15.3. The molecule has 1 saturated heterocycles. The number of nitrogens with zero attached hydrogens (tertiary/aromatic N) is 4. The summed E-state index contributed by atoms with van der Waals surface area (Å²) in [6.45, 7) is 5.87. The summed E-state index contributed by atoms with van der Waals surface area (Å²) in [4.78, 5) is 21.9. The molecule has 25 heavy (non-hydrogen) atoms. The van der Waals surface area contributed by atoms with E-state index in [4.69, 9.17) is 16.3 Å². The molecule has 0 spiro atoms. The predicted octanol–water partition coefficient (Wildman–Crippen LogP) is 3.99. The molecule has 3 heterocycles. The second-order valence-corrected chi connectivity index (χ2v) is 7.63. The molecule has 1 amide bonds. The van der Waals surface area contributed by atoms with E-state index in [1.54, 1.807) is 37.7 Å². The van der Waals surface area contributed by atoms with Gasteiger partial charge in [-0.1, -0.05) is 0 Å². The molecule has 0 aliphatic carbocycles. The van der Waals surface area contributed by atoms with Crippen LogP contribution in [0, 0.1) is 0 Å². The maximum atomic E-state index is 15.0. The highest BCUT2D eigenvalue weighted by atomic mass is 35.5. The first-order valence-corrected chi connectivity index (χ1v) is 8.73. The first kappa shape index (κ1) is 17.9. The number of rotatable bonds is 1. The second-order valence-electron chi connectivity index (χ2n) is 7.29. The lowest BCUT2D eigenvalue weighted by molar-refractivity contribution is 0.0211. The number of alkyl halides is 1. The average Bonchev–Trinajstić information content (AvgIpc) is 2.80. The van der Waals surface area contributed by atoms with Crippen LogP contribution in [0.25, 0.3) is 11.0 Å². The van der Waals surface area contributed by atoms with E-state index in [0.717, 1.165) is 5.39 Å². The van der Waals surface area contributed by atoms with Crippen molar-refractivity contribution in [3.63, 3.8) is 0 Å². The normalized spacial score (nSPS) is 22.0. The van der Waals surface area contributed by atoms with Gasteiger partial charge < -0.3 is 14.2 Å². The molecule has 0 saturated carbocycles. The topological polar surface area (TPSA) is 60.2 Å². The molecular weight excluding hydrogens is 347 g/mol. The quantitative estimate of drug-likeness (QED) is 0.714. The van der Waals surface area contributed by atoms with Gasteiger partial charge in [0.05, 0.1) is 12.6 Å². The summed E-state index contributed by atoms with van der Waals surface area (Å²) < 4.78 is 22.2. The number of carbonyl (C=O) groups is 1. The van der Waals surface area contributed by atoms with Crippen LogP contribution in [0.3, 0.4) is 0 Å². The Labute approximate surface area is 150 Å². The highest BCUT2D eigenvalue weighted by Crippen LogP contribution is 2.30. The summed E-state index contributed by atoms with van der Waals surface area (Å²) in [5, 5.41) is 0.941. The molecule has 1 aliphatic rings. The van der Waals surface area contributed by atoms with Gasteiger partial charge in [-0.05, 0) is 51.3 Å². The van der Waals surface area contributed by atoms with Crippen LogP contribution in [0.1, 0.15) is 39.7 Å². The number of hydrogen-bond donors (Lipinski definition) is 0. The molecule has 0 bridgehead atoms. The molecule has 2 atom stereocenters. The zero-order valence-electron chi connectivity index (χ0n) is 14.6. The Balaban J connectivity index is 1.80. The summed E-state index contributed by atoms with van der Waals surface area (Å²) in [7, 11) is 0. The van der Waals surface area contributed by atoms with Crippen molar-refractivity contribution in [2.24, 2.45) is 0 Å². The van der Waals surface area contributed by atoms with Crippen molar-refractivity contribution in [2.75, 3.05) is 13.1 Å². The number of carbonyl (C=O) groups excluding carboxylic acids is 1. The van der Waals surface area contributed by atoms with Gasteiger partial charge in [0.1, 0.15) is 17.4 Å². The molecule has 6 nitrogen and oxygen atoms in total. The summed E-state index contributed by atoms with van der Waals surface area (Å²) >= 11 is 5.88. The van der Waals surface area contributed by atoms with Crippen LogP contribution in [-0.4, -0.2) is 50.4 Å². The third-order valence-electron chi connectivity index (χ3n) is 4.18. The Bertz CT molecular complexity index is 774. The molecule has 2 aromatic rings. The minimum Gasteiger partial charge on any atom is -0.444 e. The highest BCUT2D eigenvalue weighted by Gasteiger charge is 2.33. The number of hydrogen-bond acceptors (Lipinski definition) is 4. The fourth-order valence-electron chi connectivity index (χ4n) is 3.09. The molecule has 1 fully saturated rings. The van der Waals surface area contributed by atoms with Gasteiger partial charge in [0.2, 0.25) is 5.28 Å². The number of fused-ring (bicyclic) bond motifs is 1. The van der Waals surface area contributed by atoms with Crippen molar-refractivity contribution in [1.29, 1.82) is 0 Å². The average molecular weight is 369 g/mol. The minimum atomic E-state index is -1.22. The first-order valence-electron chi connectivity index (χ1n) is 8.36. The van der Waals surface area contributed by atoms with Gasteiger partial charge in [0.15, 0.2) is 0 Å². The Morgan fingerprint density at radius 3 is 2.92 bits per heavy atom. The lowest BCUT2D eigenvalue weighted by Gasteiger charge is -2.27. The summed E-state index contributed by atoms with van der Waals surface area (Å²) in [5.41, 5.74) is 0.0113. The largest absolute Gasteiger partial charge is 0.444 e. The van der Waals surface area contributed by atoms with Crippen molar-refractivity contribution in [1.82, 2.24) is 19.4 Å². The molecule has 3 rings (SSSR count). The van der Waals surface area contributed by atoms with E-state index < -0.39 is 23.9 Å². The number of likely N-dealkylation sites (tertiary alicyclic amines) is 1. The van der Waals surface area contributed by atoms with E-state index in [1.165, 1.54) is 4.90 Å². The second kappa shape index (κ2) is 6.78. The standard InChI is InChI=1S/C17H22ClFN4O2/c1-17(2,3)25-16(24)22-7-4-5-13(12(19)10-22)23-8-6-11-9-20-15(18)21-14(11)23/h6,8-9,12-13H,4-5,7,10H2,1-3H3. The number of halogens is 2. The number of aromatic nitrogens is 3. The summed E-state index contributed by atoms with van der Waals surface area (Å²) in [6.07, 6.45) is 3.01. The third kappa shape index (κ3) is 4.03. The fourth-order valence-corrected chi connectivity index (χ4v) is 3.21. The molecule has 8 heteroatoms. The van der Waals surface area contributed by atoms with Crippen LogP contribution in [0.2, 0.25) is 5.28 Å². The molecule has 1 aliphatic heterocycles. The maximum Gasteiger partial charge on any atom is 0.410 e. The van der Waals surface area contributed by atoms with Crippen molar-refractivity contribution < 1.29 is 13.9 Å². The molecule has 136 valence electrons. The smallest absolute Gasteiger partial charge is 0.410 e. The highest BCUT2D eigenvalue weighted by molar-refractivity contribution is 6.28. The third-order valence-corrected chi connectivity index (χ3v) is 4.36. The van der Waals surface area contributed by atoms with E-state index >= 15 is 0 Å². The van der Waals surface area contributed by atoms with E-state index in [1.807, 2.05) is 6.07 Å². The molecule has 2 unspecified atom stereocenters. The van der Waals surface area contributed by atoms with Crippen molar-refractivity contribution in [2.45, 2.75) is 51.4 Å². The SMILES string of the molecule is CC(C)(C)OC(=O)N1CCCC(n2ccc3cnc(Cl)nc32)C(F)C1. The van der Waals surface area contributed by atoms with E-state index in [9.17, 15) is 9.18 Å². The zero-order chi connectivity index (χ0) is 18.2. The van der Waals surface area contributed by atoms with Crippen molar-refractivity contribution in [3.05, 3.63) is 23.7 Å². The van der Waals surface area contributed by atoms with Gasteiger partial charge >= 0.3 is 6.09 Å². The Hall–Kier alpha value is -1.89. The van der Waals surface area contributed by atoms with Crippen molar-refractivity contribution in [3.8, 4) is 0 Å². The first-order chi connectivity index (χ1) is 11.7. The van der Waals surface area contributed by atoms with E-state index in [2.05, 4.69) is 9.97 Å². The molecule has 0 radical (unpaired) electrons. The van der Waals surface area contributed by atoms with E-state index in [0.29, 0.717) is 25.0 Å². The molecule has 0 N–H and O–H groups in total. The minimum absolute atomic E-state index is 0.00192. The number of ether oxygens (including phenoxy) is 1. The predicted molar refractivity (Wildman–Crippen MR) is 93.5 cm³/mol. The Kier molecular flexibility index (Phi) is 4.86. The van der Waals surface area contributed by atoms with Gasteiger partial charge in [0.25, 0.3) is 0 Å². The lowest BCUT2D eigenvalue weighted by Crippen LogP contribution is -2.40. The maximum absolute atomic E-state index is 15.0. The van der Waals surface area contributed by atoms with Gasteiger partial charge in [-0.2, -0.15) is 4.98 Å². The van der Waals surface area contributed by atoms with Gasteiger partial charge in [-0.3, -0.25) is 0 Å². The van der Waals surface area contributed by atoms with Crippen LogP contribution in [-0.2, 0) is 4.74 Å². The Morgan fingerprint density at radius 1 is 1.44 bits per heavy atom. The van der Waals surface area contributed by atoms with E-state index in [-0.39, 0.29) is 11.8 Å². The van der Waals surface area contributed by atoms with Gasteiger partial charge in [0, 0.05) is 24.3 Å². The van der Waals surface area contributed by atoms with Crippen LogP contribution in [0.5, 0.6) is 0 Å². The molecule has 0 aromatic carbocycles. The molecule has 2 aromatic heterocycles. The van der Waals surface area contributed by atoms with Crippen LogP contribution in [0.15, 0.2) is 18.5 Å². The number of amides is 1. The van der Waals surface area contributed by atoms with Crippen molar-refractivity contribution >= 4 is 28.7 Å². The molecular formula is C17H22ClFN4O2. The van der Waals surface area contributed by atoms with Crippen LogP contribution in [0.4, 0.5) is 9.18 Å². The van der Waals surface area contributed by atoms with Crippen LogP contribution >= 0.6 is 11.6 Å². The summed E-state index contributed by atoms with van der Waals surface area (Å²) in [5.74, 6) is 0. The Morgan fingerprint density at radius 2 is 2.20 bits per heavy atom. The summed E-state index contributed by atoms with van der Waals surface area (Å²) in [6, 6.07) is 1.44. The van der Waals surface area contributed by atoms with Crippen LogP contribution < -0.4 is 0 Å². The lowest BCUT2D eigenvalue weighted by atomic mass is 10.1. The van der Waals surface area contributed by atoms with Gasteiger partial charge in [-0.25, -0.2) is 14.2 Å². The van der Waals surface area contributed by atoms with Gasteiger partial charge in [-0.15, -0.1) is 0 Å².